The Morgan fingerprint density at radius 2 is 1.18 bits per heavy atom. The summed E-state index contributed by atoms with van der Waals surface area (Å²) >= 11 is 0. The highest BCUT2D eigenvalue weighted by Gasteiger charge is 2.36. The molecule has 2 aliphatic carbocycles. The monoisotopic (exact) mass is 639 g/mol. The molecule has 50 heavy (non-hydrogen) atoms. The largest absolute Gasteiger partial charge is 0.460 e. The lowest BCUT2D eigenvalue weighted by atomic mass is 9.73. The smallest absolute Gasteiger partial charge is 0.137 e. The molecule has 2 nitrogen and oxygen atoms in total. The molecule has 1 aromatic heterocycles. The van der Waals surface area contributed by atoms with Gasteiger partial charge >= 0.3 is 0 Å². The van der Waals surface area contributed by atoms with Crippen LogP contribution in [0.2, 0.25) is 0 Å². The topological polar surface area (TPSA) is 16.4 Å². The van der Waals surface area contributed by atoms with E-state index in [9.17, 15) is 0 Å². The number of fused-ring (bicyclic) bond motifs is 7. The van der Waals surface area contributed by atoms with Crippen LogP contribution in [0, 0.1) is 5.92 Å². The van der Waals surface area contributed by atoms with E-state index in [2.05, 4.69) is 193 Å². The Balaban J connectivity index is 1.27. The van der Waals surface area contributed by atoms with E-state index in [4.69, 9.17) is 4.42 Å². The SMILES string of the molecule is C1=CC2C(c3cccc4ccccc34)=Cc3c(oc4cccc(N(c5ccc6ccccc6c5)c5ccccc5-c5ccccc5)c34)C2C=C1. The highest BCUT2D eigenvalue weighted by molar-refractivity contribution is 6.09. The van der Waals surface area contributed by atoms with Crippen LogP contribution in [0.1, 0.15) is 22.8 Å². The van der Waals surface area contributed by atoms with Gasteiger partial charge in [-0.15, -0.1) is 0 Å². The molecular weight excluding hydrogens is 607 g/mol. The summed E-state index contributed by atoms with van der Waals surface area (Å²) in [6.07, 6.45) is 11.4. The normalized spacial score (nSPS) is 16.4. The second-order valence-electron chi connectivity index (χ2n) is 13.2. The minimum atomic E-state index is 0.0972. The molecule has 0 radical (unpaired) electrons. The van der Waals surface area contributed by atoms with E-state index in [0.29, 0.717) is 0 Å². The van der Waals surface area contributed by atoms with Crippen molar-refractivity contribution in [1.82, 2.24) is 0 Å². The molecule has 2 atom stereocenters. The quantitative estimate of drug-likeness (QED) is 0.186. The van der Waals surface area contributed by atoms with Crippen LogP contribution >= 0.6 is 0 Å². The van der Waals surface area contributed by atoms with Crippen LogP contribution in [-0.4, -0.2) is 0 Å². The average molecular weight is 640 g/mol. The number of allylic oxidation sites excluding steroid dienone is 5. The van der Waals surface area contributed by atoms with Gasteiger partial charge in [0.25, 0.3) is 0 Å². The fourth-order valence-electron chi connectivity index (χ4n) is 8.14. The fraction of sp³-hybridized carbons (Fsp3) is 0.0417. The van der Waals surface area contributed by atoms with Crippen molar-refractivity contribution in [2.24, 2.45) is 5.92 Å². The molecule has 0 bridgehead atoms. The molecule has 0 saturated carbocycles. The first-order valence-corrected chi connectivity index (χ1v) is 17.4. The Hall–Kier alpha value is -6.38. The minimum Gasteiger partial charge on any atom is -0.460 e. The van der Waals surface area contributed by atoms with Crippen molar-refractivity contribution < 1.29 is 4.42 Å². The second kappa shape index (κ2) is 11.6. The fourth-order valence-corrected chi connectivity index (χ4v) is 8.14. The molecule has 236 valence electrons. The molecule has 2 aliphatic rings. The zero-order valence-electron chi connectivity index (χ0n) is 27.4. The molecule has 7 aromatic carbocycles. The zero-order chi connectivity index (χ0) is 33.0. The predicted molar refractivity (Wildman–Crippen MR) is 210 cm³/mol. The summed E-state index contributed by atoms with van der Waals surface area (Å²) in [7, 11) is 0. The van der Waals surface area contributed by atoms with Gasteiger partial charge in [-0.2, -0.15) is 0 Å². The van der Waals surface area contributed by atoms with Crippen LogP contribution in [-0.2, 0) is 0 Å². The summed E-state index contributed by atoms with van der Waals surface area (Å²) in [6.45, 7) is 0. The maximum atomic E-state index is 6.92. The van der Waals surface area contributed by atoms with Gasteiger partial charge in [0.05, 0.1) is 16.8 Å². The summed E-state index contributed by atoms with van der Waals surface area (Å²) in [5.74, 6) is 1.30. The molecule has 0 spiro atoms. The maximum absolute atomic E-state index is 6.92. The van der Waals surface area contributed by atoms with Crippen LogP contribution < -0.4 is 4.90 Å². The van der Waals surface area contributed by atoms with E-state index in [-0.39, 0.29) is 11.8 Å². The van der Waals surface area contributed by atoms with Crippen LogP contribution in [0.5, 0.6) is 0 Å². The lowest BCUT2D eigenvalue weighted by Crippen LogP contribution is -2.17. The first-order valence-electron chi connectivity index (χ1n) is 17.4. The predicted octanol–water partition coefficient (Wildman–Crippen LogP) is 13.3. The van der Waals surface area contributed by atoms with Gasteiger partial charge in [0.15, 0.2) is 0 Å². The van der Waals surface area contributed by atoms with Crippen molar-refractivity contribution in [1.29, 1.82) is 0 Å². The molecule has 10 rings (SSSR count). The number of hydrogen-bond acceptors (Lipinski definition) is 2. The molecule has 8 aromatic rings. The van der Waals surface area contributed by atoms with Gasteiger partial charge in [0.2, 0.25) is 0 Å². The lowest BCUT2D eigenvalue weighted by Gasteiger charge is -2.31. The van der Waals surface area contributed by atoms with Gasteiger partial charge in [0, 0.05) is 28.7 Å². The van der Waals surface area contributed by atoms with Crippen molar-refractivity contribution in [3.05, 3.63) is 199 Å². The molecule has 0 N–H and O–H groups in total. The lowest BCUT2D eigenvalue weighted by molar-refractivity contribution is 0.496. The number of rotatable bonds is 5. The third-order valence-electron chi connectivity index (χ3n) is 10.4. The van der Waals surface area contributed by atoms with Crippen LogP contribution in [0.3, 0.4) is 0 Å². The van der Waals surface area contributed by atoms with E-state index in [1.807, 2.05) is 0 Å². The molecule has 0 amide bonds. The Labute approximate surface area is 291 Å². The summed E-state index contributed by atoms with van der Waals surface area (Å²) < 4.78 is 6.92. The molecular formula is C48H33NO. The van der Waals surface area contributed by atoms with Crippen molar-refractivity contribution in [2.75, 3.05) is 4.90 Å². The first-order chi connectivity index (χ1) is 24.8. The Morgan fingerprint density at radius 3 is 2.08 bits per heavy atom. The van der Waals surface area contributed by atoms with E-state index >= 15 is 0 Å². The highest BCUT2D eigenvalue weighted by Crippen LogP contribution is 2.53. The number of hydrogen-bond donors (Lipinski definition) is 0. The molecule has 2 heteroatoms. The molecule has 1 heterocycles. The first kappa shape index (κ1) is 28.6. The van der Waals surface area contributed by atoms with Crippen LogP contribution in [0.15, 0.2) is 186 Å². The third kappa shape index (κ3) is 4.57. The van der Waals surface area contributed by atoms with E-state index in [1.165, 1.54) is 43.8 Å². The van der Waals surface area contributed by atoms with Gasteiger partial charge < -0.3 is 9.32 Å². The van der Waals surface area contributed by atoms with Gasteiger partial charge in [-0.05, 0) is 74.7 Å². The average Bonchev–Trinajstić information content (AvgIpc) is 3.58. The third-order valence-corrected chi connectivity index (χ3v) is 10.4. The molecule has 0 fully saturated rings. The van der Waals surface area contributed by atoms with Gasteiger partial charge in [0.1, 0.15) is 11.3 Å². The Morgan fingerprint density at radius 1 is 0.500 bits per heavy atom. The van der Waals surface area contributed by atoms with Crippen LogP contribution in [0.4, 0.5) is 17.1 Å². The number of nitrogens with zero attached hydrogens (tertiary/aromatic N) is 1. The number of para-hydroxylation sites is 1. The van der Waals surface area contributed by atoms with E-state index in [1.54, 1.807) is 0 Å². The van der Waals surface area contributed by atoms with E-state index in [0.717, 1.165) is 39.4 Å². The summed E-state index contributed by atoms with van der Waals surface area (Å²) in [4.78, 5) is 2.43. The van der Waals surface area contributed by atoms with Gasteiger partial charge in [-0.3, -0.25) is 0 Å². The number of benzene rings is 7. The Bertz CT molecular complexity index is 2670. The number of anilines is 3. The molecule has 0 aliphatic heterocycles. The molecule has 0 saturated heterocycles. The second-order valence-corrected chi connectivity index (χ2v) is 13.2. The van der Waals surface area contributed by atoms with Gasteiger partial charge in [-0.1, -0.05) is 152 Å². The van der Waals surface area contributed by atoms with Crippen molar-refractivity contribution >= 4 is 61.2 Å². The van der Waals surface area contributed by atoms with Crippen LogP contribution in [0.25, 0.3) is 55.3 Å². The highest BCUT2D eigenvalue weighted by atomic mass is 16.3. The minimum absolute atomic E-state index is 0.0972. The standard InChI is InChI=1S/C48H33NO/c1-2-15-34(16-3-1)38-21-10-11-25-44(38)49(36-29-28-32-14-4-5-18-35(32)30-36)45-26-13-27-46-47(45)43-31-42(40-22-8-9-23-41(40)48(43)50-46)39-24-12-19-33-17-6-7-20-37(33)39/h1-31,40-41H. The molecule has 2 unspecified atom stereocenters. The van der Waals surface area contributed by atoms with Crippen molar-refractivity contribution in [3.63, 3.8) is 0 Å². The maximum Gasteiger partial charge on any atom is 0.137 e. The summed E-state index contributed by atoms with van der Waals surface area (Å²) in [5, 5.41) is 6.07. The Kier molecular flexibility index (Phi) is 6.67. The van der Waals surface area contributed by atoms with Crippen molar-refractivity contribution in [2.45, 2.75) is 5.92 Å². The van der Waals surface area contributed by atoms with Gasteiger partial charge in [-0.25, -0.2) is 0 Å². The number of furan rings is 1. The summed E-state index contributed by atoms with van der Waals surface area (Å²) in [5.41, 5.74) is 10.3. The zero-order valence-corrected chi connectivity index (χ0v) is 27.4. The summed E-state index contributed by atoms with van der Waals surface area (Å²) in [6, 6.07) is 56.7. The van der Waals surface area contributed by atoms with Crippen molar-refractivity contribution in [3.8, 4) is 11.1 Å². The van der Waals surface area contributed by atoms with E-state index < -0.39 is 0 Å².